The minimum atomic E-state index is 0.222. The van der Waals surface area contributed by atoms with E-state index in [1.807, 2.05) is 0 Å². The summed E-state index contributed by atoms with van der Waals surface area (Å²) in [5.41, 5.74) is 6.37. The molecule has 19 heavy (non-hydrogen) atoms. The molecule has 0 saturated heterocycles. The molecule has 0 aliphatic heterocycles. The molecule has 3 heteroatoms. The zero-order chi connectivity index (χ0) is 14.1. The lowest BCUT2D eigenvalue weighted by Gasteiger charge is -2.41. The third-order valence-electron chi connectivity index (χ3n) is 4.93. The minimum Gasteiger partial charge on any atom is -0.380 e. The lowest BCUT2D eigenvalue weighted by Crippen LogP contribution is -2.52. The summed E-state index contributed by atoms with van der Waals surface area (Å²) < 4.78 is 5.49. The second kappa shape index (κ2) is 8.93. The Kier molecular flexibility index (Phi) is 7.96. The van der Waals surface area contributed by atoms with Crippen LogP contribution in [0.2, 0.25) is 0 Å². The summed E-state index contributed by atoms with van der Waals surface area (Å²) in [7, 11) is 2.23. The van der Waals surface area contributed by atoms with E-state index in [1.54, 1.807) is 0 Å². The third kappa shape index (κ3) is 5.05. The fourth-order valence-electron chi connectivity index (χ4n) is 3.48. The van der Waals surface area contributed by atoms with Crippen LogP contribution in [0.3, 0.4) is 0 Å². The number of hydrogen-bond donors (Lipinski definition) is 1. The van der Waals surface area contributed by atoms with Gasteiger partial charge < -0.3 is 10.5 Å². The summed E-state index contributed by atoms with van der Waals surface area (Å²) in [5.74, 6) is 0.929. The molecule has 2 atom stereocenters. The van der Waals surface area contributed by atoms with E-state index in [0.29, 0.717) is 0 Å². The molecule has 0 aromatic rings. The van der Waals surface area contributed by atoms with Gasteiger partial charge in [-0.1, -0.05) is 32.6 Å². The Hall–Kier alpha value is -0.120. The average Bonchev–Trinajstić information content (AvgIpc) is 2.63. The predicted octanol–water partition coefficient (Wildman–Crippen LogP) is 3.03. The molecule has 1 saturated carbocycles. The fourth-order valence-corrected chi connectivity index (χ4v) is 3.48. The van der Waals surface area contributed by atoms with Crippen molar-refractivity contribution in [3.05, 3.63) is 0 Å². The minimum absolute atomic E-state index is 0.222. The SMILES string of the molecule is CCCC1CCCC(CN)(N(C)CCOCC)CC1. The average molecular weight is 270 g/mol. The smallest absolute Gasteiger partial charge is 0.0593 e. The normalized spacial score (nSPS) is 28.6. The summed E-state index contributed by atoms with van der Waals surface area (Å²) in [6, 6.07) is 0. The maximum absolute atomic E-state index is 6.15. The van der Waals surface area contributed by atoms with Gasteiger partial charge in [0.05, 0.1) is 6.61 Å². The first-order valence-electron chi connectivity index (χ1n) is 8.17. The molecule has 0 radical (unpaired) electrons. The Balaban J connectivity index is 2.53. The first-order valence-corrected chi connectivity index (χ1v) is 8.17. The summed E-state index contributed by atoms with van der Waals surface area (Å²) in [4.78, 5) is 2.47. The van der Waals surface area contributed by atoms with Crippen LogP contribution >= 0.6 is 0 Å². The van der Waals surface area contributed by atoms with E-state index in [1.165, 1.54) is 44.9 Å². The van der Waals surface area contributed by atoms with Crippen molar-refractivity contribution >= 4 is 0 Å². The topological polar surface area (TPSA) is 38.5 Å². The molecule has 1 aliphatic carbocycles. The van der Waals surface area contributed by atoms with Crippen LogP contribution in [0, 0.1) is 5.92 Å². The molecule has 0 aromatic heterocycles. The predicted molar refractivity (Wildman–Crippen MR) is 82.4 cm³/mol. The van der Waals surface area contributed by atoms with Crippen LogP contribution in [-0.4, -0.2) is 43.8 Å². The summed E-state index contributed by atoms with van der Waals surface area (Å²) in [5, 5.41) is 0. The van der Waals surface area contributed by atoms with E-state index in [-0.39, 0.29) is 5.54 Å². The van der Waals surface area contributed by atoms with Gasteiger partial charge in [-0.25, -0.2) is 0 Å². The molecule has 0 spiro atoms. The van der Waals surface area contributed by atoms with Crippen molar-refractivity contribution in [2.45, 2.75) is 64.3 Å². The second-order valence-corrected chi connectivity index (χ2v) is 6.13. The van der Waals surface area contributed by atoms with E-state index in [2.05, 4.69) is 25.8 Å². The quantitative estimate of drug-likeness (QED) is 0.544. The molecule has 0 aromatic carbocycles. The number of ether oxygens (including phenoxy) is 1. The van der Waals surface area contributed by atoms with Gasteiger partial charge in [0.1, 0.15) is 0 Å². The largest absolute Gasteiger partial charge is 0.380 e. The van der Waals surface area contributed by atoms with Crippen LogP contribution in [-0.2, 0) is 4.74 Å². The Morgan fingerprint density at radius 2 is 2.05 bits per heavy atom. The van der Waals surface area contributed by atoms with Crippen molar-refractivity contribution in [2.24, 2.45) is 11.7 Å². The van der Waals surface area contributed by atoms with Gasteiger partial charge in [-0.3, -0.25) is 4.90 Å². The van der Waals surface area contributed by atoms with Crippen LogP contribution in [0.5, 0.6) is 0 Å². The highest BCUT2D eigenvalue weighted by atomic mass is 16.5. The van der Waals surface area contributed by atoms with Gasteiger partial charge in [0.25, 0.3) is 0 Å². The van der Waals surface area contributed by atoms with Crippen molar-refractivity contribution < 1.29 is 4.74 Å². The number of nitrogens with two attached hydrogens (primary N) is 1. The Labute approximate surface area is 119 Å². The lowest BCUT2D eigenvalue weighted by molar-refractivity contribution is 0.0579. The van der Waals surface area contributed by atoms with Crippen molar-refractivity contribution in [3.8, 4) is 0 Å². The van der Waals surface area contributed by atoms with Crippen LogP contribution in [0.4, 0.5) is 0 Å². The summed E-state index contributed by atoms with van der Waals surface area (Å²) in [6.07, 6.45) is 9.31. The molecule has 114 valence electrons. The zero-order valence-electron chi connectivity index (χ0n) is 13.3. The van der Waals surface area contributed by atoms with Gasteiger partial charge in [-0.05, 0) is 39.2 Å². The van der Waals surface area contributed by atoms with E-state index in [4.69, 9.17) is 10.5 Å². The Morgan fingerprint density at radius 1 is 1.26 bits per heavy atom. The Morgan fingerprint density at radius 3 is 2.68 bits per heavy atom. The van der Waals surface area contributed by atoms with Crippen LogP contribution in [0.25, 0.3) is 0 Å². The molecule has 0 bridgehead atoms. The third-order valence-corrected chi connectivity index (χ3v) is 4.93. The molecular weight excluding hydrogens is 236 g/mol. The van der Waals surface area contributed by atoms with E-state index in [9.17, 15) is 0 Å². The summed E-state index contributed by atoms with van der Waals surface area (Å²) in [6.45, 7) is 7.78. The summed E-state index contributed by atoms with van der Waals surface area (Å²) >= 11 is 0. The molecule has 1 rings (SSSR count). The van der Waals surface area contributed by atoms with E-state index in [0.717, 1.165) is 32.2 Å². The number of likely N-dealkylation sites (N-methyl/N-ethyl adjacent to an activating group) is 1. The Bertz CT molecular complexity index is 235. The van der Waals surface area contributed by atoms with Gasteiger partial charge in [-0.2, -0.15) is 0 Å². The number of rotatable bonds is 8. The van der Waals surface area contributed by atoms with Crippen LogP contribution in [0.15, 0.2) is 0 Å². The van der Waals surface area contributed by atoms with Gasteiger partial charge in [0.15, 0.2) is 0 Å². The maximum atomic E-state index is 6.15. The van der Waals surface area contributed by atoms with Gasteiger partial charge in [0.2, 0.25) is 0 Å². The van der Waals surface area contributed by atoms with Crippen molar-refractivity contribution in [3.63, 3.8) is 0 Å². The van der Waals surface area contributed by atoms with Crippen molar-refractivity contribution in [1.29, 1.82) is 0 Å². The van der Waals surface area contributed by atoms with Crippen molar-refractivity contribution in [2.75, 3.05) is 33.4 Å². The lowest BCUT2D eigenvalue weighted by atomic mass is 9.87. The maximum Gasteiger partial charge on any atom is 0.0593 e. The molecule has 2 unspecified atom stereocenters. The van der Waals surface area contributed by atoms with Gasteiger partial charge >= 0.3 is 0 Å². The first kappa shape index (κ1) is 16.9. The molecule has 2 N–H and O–H groups in total. The molecule has 0 amide bonds. The van der Waals surface area contributed by atoms with Crippen LogP contribution in [0.1, 0.15) is 58.8 Å². The highest BCUT2D eigenvalue weighted by Crippen LogP contribution is 2.35. The molecular formula is C16H34N2O. The zero-order valence-corrected chi connectivity index (χ0v) is 13.3. The van der Waals surface area contributed by atoms with E-state index < -0.39 is 0 Å². The molecule has 1 fully saturated rings. The van der Waals surface area contributed by atoms with Gasteiger partial charge in [0, 0.05) is 25.2 Å². The first-order chi connectivity index (χ1) is 9.18. The highest BCUT2D eigenvalue weighted by molar-refractivity contribution is 4.93. The van der Waals surface area contributed by atoms with E-state index >= 15 is 0 Å². The van der Waals surface area contributed by atoms with Crippen LogP contribution < -0.4 is 5.73 Å². The molecule has 0 heterocycles. The fraction of sp³-hybridized carbons (Fsp3) is 1.00. The molecule has 3 nitrogen and oxygen atoms in total. The highest BCUT2D eigenvalue weighted by Gasteiger charge is 2.35. The number of hydrogen-bond acceptors (Lipinski definition) is 3. The second-order valence-electron chi connectivity index (χ2n) is 6.13. The monoisotopic (exact) mass is 270 g/mol. The van der Waals surface area contributed by atoms with Crippen molar-refractivity contribution in [1.82, 2.24) is 4.90 Å². The molecule has 1 aliphatic rings. The standard InChI is InChI=1S/C16H34N2O/c1-4-7-15-8-6-10-16(14-17,11-9-15)18(3)12-13-19-5-2/h15H,4-14,17H2,1-3H3. The van der Waals surface area contributed by atoms with Gasteiger partial charge in [-0.15, -0.1) is 0 Å². The number of nitrogens with zero attached hydrogens (tertiary/aromatic N) is 1.